The molecule has 9 heteroatoms. The first-order valence-electron chi connectivity index (χ1n) is 8.82. The molecule has 5 nitrogen and oxygen atoms in total. The van der Waals surface area contributed by atoms with Crippen LogP contribution in [0.15, 0.2) is 23.2 Å². The summed E-state index contributed by atoms with van der Waals surface area (Å²) in [5, 5.41) is 11.4. The van der Waals surface area contributed by atoms with Crippen molar-refractivity contribution in [2.75, 3.05) is 12.3 Å². The molecule has 0 saturated carbocycles. The number of halogens is 3. The fourth-order valence-corrected chi connectivity index (χ4v) is 4.23. The van der Waals surface area contributed by atoms with Gasteiger partial charge in [0.15, 0.2) is 5.17 Å². The van der Waals surface area contributed by atoms with E-state index in [-0.39, 0.29) is 11.7 Å². The average molecular weight is 403 g/mol. The van der Waals surface area contributed by atoms with E-state index < -0.39 is 22.4 Å². The highest BCUT2D eigenvalue weighted by Gasteiger charge is 2.37. The highest BCUT2D eigenvalue weighted by Crippen LogP contribution is 2.40. The second-order valence-corrected chi connectivity index (χ2v) is 8.48. The Labute approximate surface area is 161 Å². The second kappa shape index (κ2) is 8.50. The van der Waals surface area contributed by atoms with Crippen LogP contribution in [-0.2, 0) is 6.18 Å². The van der Waals surface area contributed by atoms with Crippen molar-refractivity contribution in [3.8, 4) is 0 Å². The summed E-state index contributed by atoms with van der Waals surface area (Å²) in [4.78, 5) is 16.4. The van der Waals surface area contributed by atoms with E-state index in [1.807, 2.05) is 0 Å². The summed E-state index contributed by atoms with van der Waals surface area (Å²) in [6.07, 6.45) is -3.78. The molecule has 0 aromatic heterocycles. The van der Waals surface area contributed by atoms with Gasteiger partial charge < -0.3 is 4.90 Å². The summed E-state index contributed by atoms with van der Waals surface area (Å²) in [5.74, 6) is 1.58. The standard InChI is InChI=1S/C18H24F3N3O2S/c1-11(2)7-14-10-27-17(23(14)9-12(3)4)22-16-6-5-13(24(25)26)8-15(16)18(19,20)21/h5-6,8,11-12,14H,7,9-10H2,1-4H3/t14-/m0/s1. The van der Waals surface area contributed by atoms with E-state index in [4.69, 9.17) is 0 Å². The number of thioether (sulfide) groups is 1. The number of amidine groups is 1. The zero-order valence-corrected chi connectivity index (χ0v) is 16.6. The van der Waals surface area contributed by atoms with Gasteiger partial charge in [0.1, 0.15) is 0 Å². The molecule has 1 heterocycles. The van der Waals surface area contributed by atoms with Crippen LogP contribution in [0.2, 0.25) is 0 Å². The molecule has 0 aliphatic carbocycles. The van der Waals surface area contributed by atoms with Gasteiger partial charge in [0, 0.05) is 30.5 Å². The maximum atomic E-state index is 13.4. The molecule has 1 aliphatic rings. The van der Waals surface area contributed by atoms with Gasteiger partial charge in [-0.25, -0.2) is 4.99 Å². The van der Waals surface area contributed by atoms with Crippen LogP contribution >= 0.6 is 11.8 Å². The Kier molecular flexibility index (Phi) is 6.77. The van der Waals surface area contributed by atoms with E-state index in [1.165, 1.54) is 11.8 Å². The number of hydrogen-bond donors (Lipinski definition) is 0. The summed E-state index contributed by atoms with van der Waals surface area (Å²) in [5.41, 5.74) is -1.96. The molecular formula is C18H24F3N3O2S. The Morgan fingerprint density at radius 2 is 1.96 bits per heavy atom. The molecule has 27 heavy (non-hydrogen) atoms. The zero-order chi connectivity index (χ0) is 20.4. The largest absolute Gasteiger partial charge is 0.418 e. The maximum absolute atomic E-state index is 13.4. The molecule has 1 saturated heterocycles. The predicted molar refractivity (Wildman–Crippen MR) is 102 cm³/mol. The van der Waals surface area contributed by atoms with Crippen molar-refractivity contribution >= 4 is 28.3 Å². The molecule has 0 radical (unpaired) electrons. The fourth-order valence-electron chi connectivity index (χ4n) is 3.02. The smallest absolute Gasteiger partial charge is 0.347 e. The van der Waals surface area contributed by atoms with E-state index in [9.17, 15) is 23.3 Å². The van der Waals surface area contributed by atoms with Crippen LogP contribution in [0.4, 0.5) is 24.5 Å². The lowest BCUT2D eigenvalue weighted by molar-refractivity contribution is -0.385. The van der Waals surface area contributed by atoms with E-state index in [0.717, 1.165) is 24.3 Å². The number of non-ortho nitro benzene ring substituents is 1. The topological polar surface area (TPSA) is 58.7 Å². The Hall–Kier alpha value is -1.77. The molecule has 1 aromatic carbocycles. The Balaban J connectivity index is 2.44. The van der Waals surface area contributed by atoms with E-state index >= 15 is 0 Å². The Bertz CT molecular complexity index is 720. The average Bonchev–Trinajstić information content (AvgIpc) is 2.87. The highest BCUT2D eigenvalue weighted by molar-refractivity contribution is 8.14. The van der Waals surface area contributed by atoms with E-state index in [1.54, 1.807) is 0 Å². The van der Waals surface area contributed by atoms with Crippen molar-refractivity contribution in [3.63, 3.8) is 0 Å². The van der Waals surface area contributed by atoms with E-state index in [2.05, 4.69) is 37.6 Å². The van der Waals surface area contributed by atoms with E-state index in [0.29, 0.717) is 29.6 Å². The van der Waals surface area contributed by atoms with Crippen LogP contribution in [0.1, 0.15) is 39.7 Å². The molecule has 2 rings (SSSR count). The van der Waals surface area contributed by atoms with Crippen molar-refractivity contribution in [2.24, 2.45) is 16.8 Å². The number of nitro benzene ring substituents is 1. The number of nitrogens with zero attached hydrogens (tertiary/aromatic N) is 3. The van der Waals surface area contributed by atoms with Gasteiger partial charge in [0.05, 0.1) is 16.2 Å². The van der Waals surface area contributed by atoms with Gasteiger partial charge in [0.25, 0.3) is 5.69 Å². The molecule has 1 atom stereocenters. The minimum atomic E-state index is -4.71. The van der Waals surface area contributed by atoms with Gasteiger partial charge in [0.2, 0.25) is 0 Å². The summed E-state index contributed by atoms with van der Waals surface area (Å²) < 4.78 is 40.2. The first-order chi connectivity index (χ1) is 12.5. The van der Waals surface area contributed by atoms with Gasteiger partial charge in [-0.2, -0.15) is 13.2 Å². The maximum Gasteiger partial charge on any atom is 0.418 e. The van der Waals surface area contributed by atoms with Crippen molar-refractivity contribution in [1.82, 2.24) is 4.90 Å². The molecule has 150 valence electrons. The molecule has 1 aliphatic heterocycles. The summed E-state index contributed by atoms with van der Waals surface area (Å²) in [6, 6.07) is 2.92. The monoisotopic (exact) mass is 403 g/mol. The third kappa shape index (κ3) is 5.60. The quantitative estimate of drug-likeness (QED) is 0.450. The van der Waals surface area contributed by atoms with Gasteiger partial charge in [-0.15, -0.1) is 0 Å². The highest BCUT2D eigenvalue weighted by atomic mass is 32.2. The van der Waals surface area contributed by atoms with Gasteiger partial charge in [-0.3, -0.25) is 10.1 Å². The third-order valence-corrected chi connectivity index (χ3v) is 5.24. The molecular weight excluding hydrogens is 379 g/mol. The molecule has 0 spiro atoms. The lowest BCUT2D eigenvalue weighted by atomic mass is 10.0. The van der Waals surface area contributed by atoms with Crippen LogP contribution in [-0.4, -0.2) is 33.3 Å². The Morgan fingerprint density at radius 3 is 2.48 bits per heavy atom. The van der Waals surface area contributed by atoms with Gasteiger partial charge >= 0.3 is 6.18 Å². The molecule has 0 N–H and O–H groups in total. The van der Waals surface area contributed by atoms with Crippen molar-refractivity contribution < 1.29 is 18.1 Å². The normalized spacial score (nSPS) is 19.5. The van der Waals surface area contributed by atoms with Crippen LogP contribution in [0.5, 0.6) is 0 Å². The first kappa shape index (κ1) is 21.5. The van der Waals surface area contributed by atoms with Crippen LogP contribution in [0, 0.1) is 22.0 Å². The SMILES string of the molecule is CC(C)C[C@H]1CSC(=Nc2ccc([N+](=O)[O-])cc2C(F)(F)F)N1CC(C)C. The number of rotatable bonds is 6. The zero-order valence-electron chi connectivity index (χ0n) is 15.8. The van der Waals surface area contributed by atoms with Crippen LogP contribution < -0.4 is 0 Å². The predicted octanol–water partition coefficient (Wildman–Crippen LogP) is 5.72. The van der Waals surface area contributed by atoms with Crippen molar-refractivity contribution in [1.29, 1.82) is 0 Å². The Morgan fingerprint density at radius 1 is 1.30 bits per heavy atom. The number of alkyl halides is 3. The third-order valence-electron chi connectivity index (χ3n) is 4.11. The van der Waals surface area contributed by atoms with Crippen LogP contribution in [0.3, 0.4) is 0 Å². The molecule has 0 amide bonds. The number of aliphatic imine (C=N–C) groups is 1. The van der Waals surface area contributed by atoms with Crippen LogP contribution in [0.25, 0.3) is 0 Å². The number of nitro groups is 1. The molecule has 0 unspecified atom stereocenters. The minimum absolute atomic E-state index is 0.225. The number of benzene rings is 1. The lowest BCUT2D eigenvalue weighted by Gasteiger charge is -2.29. The molecule has 0 bridgehead atoms. The summed E-state index contributed by atoms with van der Waals surface area (Å²) >= 11 is 1.44. The van der Waals surface area contributed by atoms with Crippen molar-refractivity contribution in [3.05, 3.63) is 33.9 Å². The van der Waals surface area contributed by atoms with Gasteiger partial charge in [-0.05, 0) is 24.3 Å². The fraction of sp³-hybridized carbons (Fsp3) is 0.611. The first-order valence-corrected chi connectivity index (χ1v) is 9.81. The molecule has 1 aromatic rings. The van der Waals surface area contributed by atoms with Gasteiger partial charge in [-0.1, -0.05) is 39.5 Å². The molecule has 1 fully saturated rings. The minimum Gasteiger partial charge on any atom is -0.347 e. The summed E-state index contributed by atoms with van der Waals surface area (Å²) in [6.45, 7) is 9.05. The second-order valence-electron chi connectivity index (χ2n) is 7.49. The summed E-state index contributed by atoms with van der Waals surface area (Å²) in [7, 11) is 0. The lowest BCUT2D eigenvalue weighted by Crippen LogP contribution is -2.37. The number of hydrogen-bond acceptors (Lipinski definition) is 4. The van der Waals surface area contributed by atoms with Crippen molar-refractivity contribution in [2.45, 2.75) is 46.3 Å².